The number of nitro benzene ring substituents is 2. The van der Waals surface area contributed by atoms with E-state index in [0.29, 0.717) is 18.5 Å². The molecule has 1 heterocycles. The third-order valence-electron chi connectivity index (χ3n) is 5.35. The molecule has 0 atom stereocenters. The number of carbonyl (C=O) groups excluding carboxylic acids is 3. The number of carbonyl (C=O) groups is 3. The molecule has 220 valence electrons. The number of esters is 3. The summed E-state index contributed by atoms with van der Waals surface area (Å²) in [5, 5.41) is 26.2. The van der Waals surface area contributed by atoms with Crippen molar-refractivity contribution in [2.75, 3.05) is 19.8 Å². The predicted octanol–water partition coefficient (Wildman–Crippen LogP) is 3.76. The van der Waals surface area contributed by atoms with Gasteiger partial charge in [0.25, 0.3) is 17.0 Å². The molecular weight excluding hydrogens is 544 g/mol. The topological polar surface area (TPSA) is 192 Å². The minimum atomic E-state index is -2.04. The smallest absolute Gasteiger partial charge is 0.362 e. The third kappa shape index (κ3) is 8.71. The summed E-state index contributed by atoms with van der Waals surface area (Å²) in [6.07, 6.45) is 1.77. The lowest BCUT2D eigenvalue weighted by molar-refractivity contribution is -0.385. The van der Waals surface area contributed by atoms with Crippen molar-refractivity contribution in [2.45, 2.75) is 46.3 Å². The number of non-ortho nitro benzene ring substituents is 2. The van der Waals surface area contributed by atoms with E-state index < -0.39 is 27.4 Å². The summed E-state index contributed by atoms with van der Waals surface area (Å²) < 4.78 is 21.5. The summed E-state index contributed by atoms with van der Waals surface area (Å²) in [6, 6.07) is 9.66. The number of hydrogen-bond donors (Lipinski definition) is 0. The molecule has 3 rings (SSSR count). The van der Waals surface area contributed by atoms with E-state index in [1.807, 2.05) is 0 Å². The van der Waals surface area contributed by atoms with Crippen molar-refractivity contribution >= 4 is 40.2 Å². The van der Waals surface area contributed by atoms with Gasteiger partial charge in [-0.1, -0.05) is 6.07 Å². The van der Waals surface area contributed by atoms with Crippen LogP contribution in [-0.4, -0.2) is 63.0 Å². The Balaban J connectivity index is 0.000000289. The molecule has 2 aromatic carbocycles. The monoisotopic (exact) mass is 574 g/mol. The van der Waals surface area contributed by atoms with Gasteiger partial charge in [0.15, 0.2) is 0 Å². The Morgan fingerprint density at radius 3 is 2.02 bits per heavy atom. The van der Waals surface area contributed by atoms with Gasteiger partial charge in [-0.25, -0.2) is 9.59 Å². The minimum absolute atomic E-state index is 0.0159. The Labute approximate surface area is 234 Å². The van der Waals surface area contributed by atoms with E-state index >= 15 is 0 Å². The van der Waals surface area contributed by atoms with Crippen LogP contribution in [0.1, 0.15) is 34.1 Å². The molecule has 0 spiro atoms. The number of ether oxygens (including phenoxy) is 4. The van der Waals surface area contributed by atoms with Crippen molar-refractivity contribution in [2.24, 2.45) is 0 Å². The zero-order valence-electron chi connectivity index (χ0n) is 22.9. The van der Waals surface area contributed by atoms with Crippen molar-refractivity contribution in [3.63, 3.8) is 0 Å². The van der Waals surface area contributed by atoms with Crippen LogP contribution in [0.15, 0.2) is 48.7 Å². The predicted molar refractivity (Wildman–Crippen MR) is 143 cm³/mol. The molecule has 15 heteroatoms. The summed E-state index contributed by atoms with van der Waals surface area (Å²) in [5.74, 6) is -2.16. The number of nitrogens with zero attached hydrogens (tertiary/aromatic N) is 4. The van der Waals surface area contributed by atoms with Crippen molar-refractivity contribution in [3.8, 4) is 5.75 Å². The van der Waals surface area contributed by atoms with Crippen LogP contribution in [0.2, 0.25) is 0 Å². The standard InChI is InChI=1S/C14H17NO7.C12H13N3O4/c1-4-20-12(16)14(3,13(17)21-5-2)22-11-8-6-7-10(9-11)15(18)19;1-2-19-12(16)5-6-14-11-4-3-10(15(17)18)7-9(11)8-13-14/h6-9H,4-5H2,1-3H3;3-4,7-8H,2,5-6H2,1H3. The van der Waals surface area contributed by atoms with Crippen molar-refractivity contribution in [1.82, 2.24) is 9.78 Å². The number of nitro groups is 2. The molecule has 0 aliphatic heterocycles. The van der Waals surface area contributed by atoms with Gasteiger partial charge in [-0.2, -0.15) is 5.10 Å². The SMILES string of the molecule is CCOC(=O)C(C)(Oc1cccc([N+](=O)[O-])c1)C(=O)OCC.CCOC(=O)CCn1ncc2cc([N+](=O)[O-])ccc21. The minimum Gasteiger partial charge on any atom is -0.466 e. The van der Waals surface area contributed by atoms with Gasteiger partial charge in [-0.15, -0.1) is 0 Å². The lowest BCUT2D eigenvalue weighted by Gasteiger charge is -2.25. The van der Waals surface area contributed by atoms with Crippen LogP contribution < -0.4 is 4.74 Å². The summed E-state index contributed by atoms with van der Waals surface area (Å²) in [7, 11) is 0. The quantitative estimate of drug-likeness (QED) is 0.100. The molecule has 0 aliphatic carbocycles. The van der Waals surface area contributed by atoms with E-state index in [9.17, 15) is 34.6 Å². The Morgan fingerprint density at radius 1 is 0.878 bits per heavy atom. The van der Waals surface area contributed by atoms with Crippen LogP contribution in [0.5, 0.6) is 5.75 Å². The highest BCUT2D eigenvalue weighted by Crippen LogP contribution is 2.25. The van der Waals surface area contributed by atoms with Gasteiger partial charge < -0.3 is 18.9 Å². The van der Waals surface area contributed by atoms with E-state index in [1.165, 1.54) is 37.3 Å². The largest absolute Gasteiger partial charge is 0.466 e. The molecule has 0 bridgehead atoms. The highest BCUT2D eigenvalue weighted by molar-refractivity contribution is 6.03. The summed E-state index contributed by atoms with van der Waals surface area (Å²) in [5.41, 5.74) is -1.48. The van der Waals surface area contributed by atoms with Gasteiger partial charge in [0.05, 0.1) is 60.4 Å². The summed E-state index contributed by atoms with van der Waals surface area (Å²) in [6.45, 7) is 6.94. The van der Waals surface area contributed by atoms with Crippen LogP contribution >= 0.6 is 0 Å². The first-order valence-corrected chi connectivity index (χ1v) is 12.5. The van der Waals surface area contributed by atoms with Crippen LogP contribution in [0.3, 0.4) is 0 Å². The van der Waals surface area contributed by atoms with Crippen LogP contribution in [-0.2, 0) is 35.1 Å². The van der Waals surface area contributed by atoms with Gasteiger partial charge >= 0.3 is 17.9 Å². The first-order chi connectivity index (χ1) is 19.5. The van der Waals surface area contributed by atoms with Crippen molar-refractivity contribution < 1.29 is 43.2 Å². The second kappa shape index (κ2) is 14.9. The van der Waals surface area contributed by atoms with Gasteiger partial charge in [0.2, 0.25) is 0 Å². The van der Waals surface area contributed by atoms with Gasteiger partial charge in [-0.3, -0.25) is 29.7 Å². The number of aromatic nitrogens is 2. The molecule has 0 fully saturated rings. The third-order valence-corrected chi connectivity index (χ3v) is 5.35. The van der Waals surface area contributed by atoms with Gasteiger partial charge in [0.1, 0.15) is 5.75 Å². The number of fused-ring (bicyclic) bond motifs is 1. The molecular formula is C26H30N4O11. The molecule has 41 heavy (non-hydrogen) atoms. The number of rotatable bonds is 12. The maximum absolute atomic E-state index is 12.0. The number of aryl methyl sites for hydroxylation is 1. The van der Waals surface area contributed by atoms with Gasteiger partial charge in [-0.05, 0) is 39.8 Å². The fraction of sp³-hybridized carbons (Fsp3) is 0.385. The van der Waals surface area contributed by atoms with Crippen molar-refractivity contribution in [1.29, 1.82) is 0 Å². The fourth-order valence-corrected chi connectivity index (χ4v) is 3.40. The van der Waals surface area contributed by atoms with E-state index in [2.05, 4.69) is 5.10 Å². The highest BCUT2D eigenvalue weighted by atomic mass is 16.6. The number of benzene rings is 2. The molecule has 0 N–H and O–H groups in total. The van der Waals surface area contributed by atoms with Crippen LogP contribution in [0.25, 0.3) is 10.9 Å². The zero-order valence-corrected chi connectivity index (χ0v) is 22.9. The van der Waals surface area contributed by atoms with E-state index in [0.717, 1.165) is 11.6 Å². The molecule has 3 aromatic rings. The average molecular weight is 575 g/mol. The first-order valence-electron chi connectivity index (χ1n) is 12.5. The molecule has 0 unspecified atom stereocenters. The maximum Gasteiger partial charge on any atom is 0.362 e. The van der Waals surface area contributed by atoms with Crippen LogP contribution in [0, 0.1) is 20.2 Å². The summed E-state index contributed by atoms with van der Waals surface area (Å²) >= 11 is 0. The molecule has 0 saturated heterocycles. The molecule has 1 aromatic heterocycles. The first kappa shape index (κ1) is 32.1. The second-order valence-electron chi connectivity index (χ2n) is 8.25. The highest BCUT2D eigenvalue weighted by Gasteiger charge is 2.47. The fourth-order valence-electron chi connectivity index (χ4n) is 3.40. The normalized spacial score (nSPS) is 10.6. The lowest BCUT2D eigenvalue weighted by Crippen LogP contribution is -2.51. The summed E-state index contributed by atoms with van der Waals surface area (Å²) in [4.78, 5) is 55.7. The molecule has 15 nitrogen and oxygen atoms in total. The Kier molecular flexibility index (Phi) is 11.7. The molecule has 0 radical (unpaired) electrons. The second-order valence-corrected chi connectivity index (χ2v) is 8.25. The van der Waals surface area contributed by atoms with E-state index in [1.54, 1.807) is 37.7 Å². The van der Waals surface area contributed by atoms with Gasteiger partial charge in [0, 0.05) is 23.6 Å². The zero-order chi connectivity index (χ0) is 30.6. The Bertz CT molecular complexity index is 1390. The molecule has 0 amide bonds. The Hall–Kier alpha value is -5.08. The average Bonchev–Trinajstić information content (AvgIpc) is 3.35. The maximum atomic E-state index is 12.0. The van der Waals surface area contributed by atoms with Crippen LogP contribution in [0.4, 0.5) is 11.4 Å². The van der Waals surface area contributed by atoms with Crippen molar-refractivity contribution in [3.05, 3.63) is 68.9 Å². The van der Waals surface area contributed by atoms with E-state index in [4.69, 9.17) is 18.9 Å². The number of hydrogen-bond acceptors (Lipinski definition) is 12. The Morgan fingerprint density at radius 2 is 1.46 bits per heavy atom. The molecule has 0 saturated carbocycles. The molecule has 0 aliphatic rings. The van der Waals surface area contributed by atoms with E-state index in [-0.39, 0.29) is 42.7 Å². The lowest BCUT2D eigenvalue weighted by atomic mass is 10.1.